The Bertz CT molecular complexity index is 1170. The molecule has 212 valence electrons. The van der Waals surface area contributed by atoms with Crippen LogP contribution in [0, 0.1) is 0 Å². The second-order valence-electron chi connectivity index (χ2n) is 12.2. The van der Waals surface area contributed by atoms with E-state index in [1.807, 2.05) is 0 Å². The van der Waals surface area contributed by atoms with E-state index in [9.17, 15) is 29.4 Å². The molecule has 39 heavy (non-hydrogen) atoms. The molecule has 4 heterocycles. The van der Waals surface area contributed by atoms with Crippen LogP contribution in [0.25, 0.3) is 0 Å². The van der Waals surface area contributed by atoms with E-state index in [4.69, 9.17) is 0 Å². The molecule has 0 spiro atoms. The van der Waals surface area contributed by atoms with Crippen LogP contribution in [-0.4, -0.2) is 78.8 Å². The average Bonchev–Trinajstić information content (AvgIpc) is 3.33. The lowest BCUT2D eigenvalue weighted by atomic mass is 9.85. The van der Waals surface area contributed by atoms with Crippen molar-refractivity contribution in [3.8, 4) is 0 Å². The molecule has 4 rings (SSSR count). The number of aliphatic hydroxyl groups excluding tert-OH is 2. The van der Waals surface area contributed by atoms with Gasteiger partial charge in [0.25, 0.3) is 0 Å². The smallest absolute Gasteiger partial charge is 0.249 e. The number of hydrogen-bond donors (Lipinski definition) is 4. The predicted octanol–water partition coefficient (Wildman–Crippen LogP) is 1.56. The zero-order chi connectivity index (χ0) is 29.2. The molecule has 4 aliphatic rings. The van der Waals surface area contributed by atoms with Crippen molar-refractivity contribution in [2.45, 2.75) is 110 Å². The Morgan fingerprint density at radius 2 is 1.13 bits per heavy atom. The van der Waals surface area contributed by atoms with Crippen molar-refractivity contribution in [1.29, 1.82) is 0 Å². The standard InChI is InChI=1S/C29H40N4O6/c1-14(2)9-22(36)30-26-18(24(38)28(7)12-20(34)16(5)32(26)28)11-19-25(39)29(8)13-21(35)17(6)33(29)27(19)31-23(37)10-15(3)4/h9-10,16-17,20-21,34-35H,11-13H2,1-8H3,(H,30,36)(H,31,37)/t16-,17-,20-,21-,28-,29-/m0/s1. The van der Waals surface area contributed by atoms with E-state index in [2.05, 4.69) is 10.6 Å². The molecule has 10 nitrogen and oxygen atoms in total. The summed E-state index contributed by atoms with van der Waals surface area (Å²) >= 11 is 0. The van der Waals surface area contributed by atoms with Gasteiger partial charge in [0, 0.05) is 42.6 Å². The highest BCUT2D eigenvalue weighted by molar-refractivity contribution is 6.12. The molecule has 10 heteroatoms. The maximum Gasteiger partial charge on any atom is 0.249 e. The number of carbonyl (C=O) groups excluding carboxylic acids is 4. The van der Waals surface area contributed by atoms with E-state index in [0.29, 0.717) is 0 Å². The number of nitrogens with zero attached hydrogens (tertiary/aromatic N) is 2. The van der Waals surface area contributed by atoms with Crippen molar-refractivity contribution in [3.63, 3.8) is 0 Å². The maximum absolute atomic E-state index is 14.0. The van der Waals surface area contributed by atoms with E-state index in [-0.39, 0.29) is 53.6 Å². The summed E-state index contributed by atoms with van der Waals surface area (Å²) in [4.78, 5) is 57.1. The molecule has 0 aromatic heterocycles. The van der Waals surface area contributed by atoms with Crippen LogP contribution in [0.1, 0.15) is 74.7 Å². The first kappa shape index (κ1) is 28.8. The minimum Gasteiger partial charge on any atom is -0.391 e. The molecule has 4 N–H and O–H groups in total. The van der Waals surface area contributed by atoms with E-state index in [1.165, 1.54) is 12.2 Å². The third-order valence-corrected chi connectivity index (χ3v) is 8.46. The van der Waals surface area contributed by atoms with Crippen LogP contribution in [0.15, 0.2) is 46.1 Å². The zero-order valence-corrected chi connectivity index (χ0v) is 24.0. The molecular formula is C29H40N4O6. The van der Waals surface area contributed by atoms with Gasteiger partial charge < -0.3 is 30.6 Å². The van der Waals surface area contributed by atoms with Gasteiger partial charge in [0.05, 0.1) is 24.3 Å². The summed E-state index contributed by atoms with van der Waals surface area (Å²) in [7, 11) is 0. The fraction of sp³-hybridized carbons (Fsp3) is 0.586. The van der Waals surface area contributed by atoms with Crippen LogP contribution < -0.4 is 10.6 Å². The van der Waals surface area contributed by atoms with Gasteiger partial charge in [-0.05, 0) is 55.4 Å². The average molecular weight is 541 g/mol. The second kappa shape index (κ2) is 9.75. The number of amides is 2. The van der Waals surface area contributed by atoms with E-state index < -0.39 is 47.2 Å². The Morgan fingerprint density at radius 1 is 0.795 bits per heavy atom. The zero-order valence-electron chi connectivity index (χ0n) is 24.0. The molecule has 0 radical (unpaired) electrons. The molecule has 0 bridgehead atoms. The molecule has 0 aliphatic carbocycles. The van der Waals surface area contributed by atoms with E-state index in [1.54, 1.807) is 65.2 Å². The largest absolute Gasteiger partial charge is 0.391 e. The number of hydrogen-bond acceptors (Lipinski definition) is 8. The normalized spacial score (nSPS) is 33.5. The minimum atomic E-state index is -1.08. The van der Waals surface area contributed by atoms with Crippen LogP contribution in [0.5, 0.6) is 0 Å². The lowest BCUT2D eigenvalue weighted by Crippen LogP contribution is -2.47. The number of carbonyl (C=O) groups is 4. The number of aliphatic hydroxyl groups is 2. The molecule has 0 unspecified atom stereocenters. The van der Waals surface area contributed by atoms with Gasteiger partial charge in [-0.3, -0.25) is 19.2 Å². The van der Waals surface area contributed by atoms with Crippen LogP contribution in [0.2, 0.25) is 0 Å². The van der Waals surface area contributed by atoms with Crippen LogP contribution in [-0.2, 0) is 19.2 Å². The van der Waals surface area contributed by atoms with Crippen LogP contribution in [0.4, 0.5) is 0 Å². The van der Waals surface area contributed by atoms with Crippen LogP contribution in [0.3, 0.4) is 0 Å². The molecule has 2 saturated heterocycles. The summed E-state index contributed by atoms with van der Waals surface area (Å²) in [6.07, 6.45) is 1.56. The van der Waals surface area contributed by atoms with Crippen molar-refractivity contribution in [2.75, 3.05) is 0 Å². The van der Waals surface area contributed by atoms with Gasteiger partial charge in [0.2, 0.25) is 11.8 Å². The number of allylic oxidation sites excluding steroid dienone is 2. The summed E-state index contributed by atoms with van der Waals surface area (Å²) < 4.78 is 0. The molecule has 0 aromatic carbocycles. The Balaban J connectivity index is 1.86. The molecule has 0 aromatic rings. The molecular weight excluding hydrogens is 500 g/mol. The topological polar surface area (TPSA) is 139 Å². The monoisotopic (exact) mass is 540 g/mol. The van der Waals surface area contributed by atoms with Crippen molar-refractivity contribution >= 4 is 23.4 Å². The Morgan fingerprint density at radius 3 is 1.44 bits per heavy atom. The van der Waals surface area contributed by atoms with Gasteiger partial charge in [-0.1, -0.05) is 11.1 Å². The molecule has 4 aliphatic heterocycles. The summed E-state index contributed by atoms with van der Waals surface area (Å²) in [6, 6.07) is -0.890. The molecule has 2 fully saturated rings. The highest BCUT2D eigenvalue weighted by atomic mass is 16.3. The number of fused-ring (bicyclic) bond motifs is 2. The Hall–Kier alpha value is -3.24. The fourth-order valence-electron chi connectivity index (χ4n) is 6.66. The highest BCUT2D eigenvalue weighted by Gasteiger charge is 2.61. The van der Waals surface area contributed by atoms with Gasteiger partial charge in [0.1, 0.15) is 22.7 Å². The Labute approximate surface area is 229 Å². The van der Waals surface area contributed by atoms with Gasteiger partial charge in [-0.2, -0.15) is 0 Å². The minimum absolute atomic E-state index is 0.115. The molecule has 0 saturated carbocycles. The SMILES string of the molecule is CC(C)=CC(=O)NC1=C(CC2=C(NC(=O)C=C(C)C)N3[C@@H](C)[C@@H](O)C[C@@]3(C)C2=O)C(=O)[C@]2(C)C[C@H](O)[C@H](C)N12. The summed E-state index contributed by atoms with van der Waals surface area (Å²) in [5, 5.41) is 27.0. The lowest BCUT2D eigenvalue weighted by molar-refractivity contribution is -0.123. The van der Waals surface area contributed by atoms with Crippen molar-refractivity contribution in [2.24, 2.45) is 0 Å². The molecule has 6 atom stereocenters. The van der Waals surface area contributed by atoms with E-state index >= 15 is 0 Å². The Kier molecular flexibility index (Phi) is 7.19. The lowest BCUT2D eigenvalue weighted by Gasteiger charge is -2.33. The maximum atomic E-state index is 14.0. The molecule has 2 amide bonds. The highest BCUT2D eigenvalue weighted by Crippen LogP contribution is 2.49. The first-order valence-electron chi connectivity index (χ1n) is 13.5. The van der Waals surface area contributed by atoms with Gasteiger partial charge in [0.15, 0.2) is 11.6 Å². The van der Waals surface area contributed by atoms with Crippen LogP contribution >= 0.6 is 0 Å². The van der Waals surface area contributed by atoms with Gasteiger partial charge in [-0.25, -0.2) is 0 Å². The first-order valence-corrected chi connectivity index (χ1v) is 13.5. The number of Topliss-reactive ketones (excluding diaryl/α,β-unsaturated/α-hetero) is 2. The van der Waals surface area contributed by atoms with Crippen molar-refractivity contribution < 1.29 is 29.4 Å². The summed E-state index contributed by atoms with van der Waals surface area (Å²) in [5.74, 6) is -0.843. The quantitative estimate of drug-likeness (QED) is 0.372. The number of rotatable bonds is 6. The van der Waals surface area contributed by atoms with Gasteiger partial charge >= 0.3 is 0 Å². The first-order chi connectivity index (χ1) is 18.0. The number of nitrogens with one attached hydrogen (secondary N) is 2. The van der Waals surface area contributed by atoms with E-state index in [0.717, 1.165) is 11.1 Å². The van der Waals surface area contributed by atoms with Crippen molar-refractivity contribution in [3.05, 3.63) is 46.1 Å². The predicted molar refractivity (Wildman–Crippen MR) is 144 cm³/mol. The summed E-state index contributed by atoms with van der Waals surface area (Å²) in [5.41, 5.74) is -0.118. The second-order valence-corrected chi connectivity index (χ2v) is 12.2. The fourth-order valence-corrected chi connectivity index (χ4v) is 6.66. The van der Waals surface area contributed by atoms with Gasteiger partial charge in [-0.15, -0.1) is 0 Å². The number of ketones is 2. The third kappa shape index (κ3) is 4.53. The van der Waals surface area contributed by atoms with Crippen molar-refractivity contribution in [1.82, 2.24) is 20.4 Å². The third-order valence-electron chi connectivity index (χ3n) is 8.46. The summed E-state index contributed by atoms with van der Waals surface area (Å²) in [6.45, 7) is 14.2.